The van der Waals surface area contributed by atoms with Crippen LogP contribution in [-0.4, -0.2) is 54.2 Å². The molecule has 1 atom stereocenters. The Morgan fingerprint density at radius 3 is 2.30 bits per heavy atom. The van der Waals surface area contributed by atoms with Gasteiger partial charge in [-0.3, -0.25) is 4.79 Å². The normalized spacial score (nSPS) is 18.9. The van der Waals surface area contributed by atoms with Gasteiger partial charge in [0.15, 0.2) is 0 Å². The fraction of sp³-hybridized carbons (Fsp3) is 0.480. The average Bonchev–Trinajstić information content (AvgIpc) is 3.47. The third kappa shape index (κ3) is 5.25. The molecule has 3 nitrogen and oxygen atoms in total. The van der Waals surface area contributed by atoms with E-state index >= 15 is 0 Å². The number of halogens is 1. The molecule has 2 fully saturated rings. The first-order valence-corrected chi connectivity index (χ1v) is 12.4. The molecule has 0 aromatic heterocycles. The smallest absolute Gasteiger partial charge is 0.257 e. The zero-order chi connectivity index (χ0) is 21.5. The summed E-state index contributed by atoms with van der Waals surface area (Å²) in [6.07, 6.45) is 6.54. The van der Waals surface area contributed by atoms with Crippen LogP contribution in [0.15, 0.2) is 47.4 Å². The highest BCUT2D eigenvalue weighted by molar-refractivity contribution is 7.98. The molecule has 0 N–H and O–H groups in total. The lowest BCUT2D eigenvalue weighted by atomic mass is 10.0. The lowest BCUT2D eigenvalue weighted by Crippen LogP contribution is -2.42. The number of hydrogen-bond acceptors (Lipinski definition) is 3. The van der Waals surface area contributed by atoms with E-state index in [0.29, 0.717) is 0 Å². The number of likely N-dealkylation sites (tertiary alicyclic amines) is 2. The van der Waals surface area contributed by atoms with Crippen molar-refractivity contribution in [3.05, 3.63) is 53.8 Å². The first kappa shape index (κ1) is 22.8. The van der Waals surface area contributed by atoms with Crippen molar-refractivity contribution >= 4 is 17.7 Å². The molecule has 0 saturated carbocycles. The quantitative estimate of drug-likeness (QED) is 0.551. The first-order valence-electron chi connectivity index (χ1n) is 11.1. The topological polar surface area (TPSA) is 23.6 Å². The van der Waals surface area contributed by atoms with E-state index < -0.39 is 5.82 Å². The van der Waals surface area contributed by atoms with Gasteiger partial charge in [0, 0.05) is 24.0 Å². The Kier molecular flexibility index (Phi) is 8.34. The highest BCUT2D eigenvalue weighted by Crippen LogP contribution is 2.27. The minimum Gasteiger partial charge on any atom is -0.334 e. The Balaban J connectivity index is 0.00000124. The number of carbonyl (C=O) groups excluding carboxylic acids is 1. The SMILES string of the molecule is CC.CSc1ccc(-c2ccc(C(=O)N3CCCC3CN3CCCC3)c(F)c2)cc1. The van der Waals surface area contributed by atoms with Gasteiger partial charge in [0.25, 0.3) is 5.91 Å². The third-order valence-electron chi connectivity index (χ3n) is 5.93. The molecule has 0 radical (unpaired) electrons. The van der Waals surface area contributed by atoms with Crippen LogP contribution in [0.3, 0.4) is 0 Å². The zero-order valence-corrected chi connectivity index (χ0v) is 19.2. The molecule has 0 spiro atoms. The number of nitrogens with zero attached hydrogens (tertiary/aromatic N) is 2. The lowest BCUT2D eigenvalue weighted by Gasteiger charge is -2.28. The van der Waals surface area contributed by atoms with Crippen LogP contribution in [0.4, 0.5) is 4.39 Å². The zero-order valence-electron chi connectivity index (χ0n) is 18.4. The van der Waals surface area contributed by atoms with Crippen LogP contribution in [0.5, 0.6) is 0 Å². The minimum atomic E-state index is -0.428. The van der Waals surface area contributed by atoms with Gasteiger partial charge < -0.3 is 9.80 Å². The van der Waals surface area contributed by atoms with E-state index in [2.05, 4.69) is 4.90 Å². The summed E-state index contributed by atoms with van der Waals surface area (Å²) in [6, 6.07) is 13.3. The fourth-order valence-electron chi connectivity index (χ4n) is 4.36. The maximum atomic E-state index is 14.9. The van der Waals surface area contributed by atoms with Crippen molar-refractivity contribution in [1.82, 2.24) is 9.80 Å². The fourth-order valence-corrected chi connectivity index (χ4v) is 4.77. The van der Waals surface area contributed by atoms with Gasteiger partial charge in [0.05, 0.1) is 5.56 Å². The molecule has 2 aromatic rings. The monoisotopic (exact) mass is 428 g/mol. The van der Waals surface area contributed by atoms with Crippen molar-refractivity contribution in [3.63, 3.8) is 0 Å². The molecule has 1 amide bonds. The van der Waals surface area contributed by atoms with Gasteiger partial charge in [-0.1, -0.05) is 32.0 Å². The standard InChI is InChI=1S/C23H27FN2OS.C2H6/c1-28-20-9-6-17(7-10-20)18-8-11-21(22(24)15-18)23(27)26-14-4-5-19(26)16-25-12-2-3-13-25;1-2/h6-11,15,19H,2-5,12-14,16H2,1H3;1-2H3. The molecule has 2 aliphatic rings. The Bertz CT molecular complexity index is 834. The molecule has 0 aliphatic carbocycles. The van der Waals surface area contributed by atoms with Crippen LogP contribution >= 0.6 is 11.8 Å². The van der Waals surface area contributed by atoms with E-state index in [1.807, 2.05) is 55.3 Å². The van der Waals surface area contributed by atoms with Crippen molar-refractivity contribution < 1.29 is 9.18 Å². The number of amides is 1. The van der Waals surface area contributed by atoms with E-state index in [0.717, 1.165) is 50.1 Å². The van der Waals surface area contributed by atoms with Crippen LogP contribution in [0, 0.1) is 5.82 Å². The van der Waals surface area contributed by atoms with Crippen molar-refractivity contribution in [2.75, 3.05) is 32.4 Å². The summed E-state index contributed by atoms with van der Waals surface area (Å²) in [5.41, 5.74) is 1.96. The van der Waals surface area contributed by atoms with Gasteiger partial charge in [-0.25, -0.2) is 4.39 Å². The Labute approximate surface area is 184 Å². The number of hydrogen-bond donors (Lipinski definition) is 0. The van der Waals surface area contributed by atoms with Crippen molar-refractivity contribution in [2.24, 2.45) is 0 Å². The molecule has 5 heteroatoms. The van der Waals surface area contributed by atoms with Crippen molar-refractivity contribution in [2.45, 2.75) is 50.5 Å². The van der Waals surface area contributed by atoms with E-state index in [1.54, 1.807) is 17.8 Å². The highest BCUT2D eigenvalue weighted by Gasteiger charge is 2.32. The van der Waals surface area contributed by atoms with Gasteiger partial charge in [-0.05, 0) is 80.4 Å². The molecule has 0 bridgehead atoms. The van der Waals surface area contributed by atoms with Gasteiger partial charge in [0.1, 0.15) is 5.82 Å². The Morgan fingerprint density at radius 1 is 1.00 bits per heavy atom. The molecule has 2 aromatic carbocycles. The second kappa shape index (κ2) is 11.0. The van der Waals surface area contributed by atoms with Crippen LogP contribution < -0.4 is 0 Å². The predicted octanol–water partition coefficient (Wildman–Crippen LogP) is 5.94. The van der Waals surface area contributed by atoms with E-state index in [1.165, 1.54) is 23.8 Å². The Hall–Kier alpha value is -1.85. The van der Waals surface area contributed by atoms with Gasteiger partial charge in [-0.15, -0.1) is 11.8 Å². The maximum Gasteiger partial charge on any atom is 0.257 e. The summed E-state index contributed by atoms with van der Waals surface area (Å²) < 4.78 is 14.9. The number of rotatable bonds is 5. The largest absolute Gasteiger partial charge is 0.334 e. The lowest BCUT2D eigenvalue weighted by molar-refractivity contribution is 0.0704. The van der Waals surface area contributed by atoms with Crippen molar-refractivity contribution in [1.29, 1.82) is 0 Å². The molecule has 30 heavy (non-hydrogen) atoms. The second-order valence-electron chi connectivity index (χ2n) is 7.73. The summed E-state index contributed by atoms with van der Waals surface area (Å²) >= 11 is 1.68. The molecule has 162 valence electrons. The summed E-state index contributed by atoms with van der Waals surface area (Å²) in [4.78, 5) is 18.6. The van der Waals surface area contributed by atoms with Crippen LogP contribution in [-0.2, 0) is 0 Å². The molecule has 2 saturated heterocycles. The van der Waals surface area contributed by atoms with Gasteiger partial charge in [-0.2, -0.15) is 0 Å². The first-order chi connectivity index (χ1) is 14.7. The maximum absolute atomic E-state index is 14.9. The van der Waals surface area contributed by atoms with Gasteiger partial charge >= 0.3 is 0 Å². The number of benzene rings is 2. The molecule has 2 heterocycles. The summed E-state index contributed by atoms with van der Waals surface area (Å²) in [6.45, 7) is 7.90. The highest BCUT2D eigenvalue weighted by atomic mass is 32.2. The number of carbonyl (C=O) groups is 1. The molecular formula is C25H33FN2OS. The minimum absolute atomic E-state index is 0.163. The second-order valence-corrected chi connectivity index (χ2v) is 8.61. The van der Waals surface area contributed by atoms with E-state index in [4.69, 9.17) is 0 Å². The van der Waals surface area contributed by atoms with Gasteiger partial charge in [0.2, 0.25) is 0 Å². The molecule has 1 unspecified atom stereocenters. The molecular weight excluding hydrogens is 395 g/mol. The van der Waals surface area contributed by atoms with E-state index in [9.17, 15) is 9.18 Å². The Morgan fingerprint density at radius 2 is 1.67 bits per heavy atom. The molecule has 2 aliphatic heterocycles. The van der Waals surface area contributed by atoms with Crippen molar-refractivity contribution in [3.8, 4) is 11.1 Å². The summed E-state index contributed by atoms with van der Waals surface area (Å²) in [5.74, 6) is -0.591. The van der Waals surface area contributed by atoms with Crippen LogP contribution in [0.1, 0.15) is 49.9 Å². The van der Waals surface area contributed by atoms with E-state index in [-0.39, 0.29) is 17.5 Å². The average molecular weight is 429 g/mol. The third-order valence-corrected chi connectivity index (χ3v) is 6.67. The number of thioether (sulfide) groups is 1. The summed E-state index contributed by atoms with van der Waals surface area (Å²) in [5, 5.41) is 0. The summed E-state index contributed by atoms with van der Waals surface area (Å²) in [7, 11) is 0. The molecule has 4 rings (SSSR count). The van der Waals surface area contributed by atoms with Crippen LogP contribution in [0.2, 0.25) is 0 Å². The van der Waals surface area contributed by atoms with Crippen LogP contribution in [0.25, 0.3) is 11.1 Å². The predicted molar refractivity (Wildman–Crippen MR) is 125 cm³/mol.